The Hall–Kier alpha value is -9.02. The number of para-hydroxylation sites is 3. The molecule has 17 N–H and O–H groups in total. The lowest BCUT2D eigenvalue weighted by atomic mass is 9.98. The highest BCUT2D eigenvalue weighted by Gasteiger charge is 2.36. The van der Waals surface area contributed by atoms with Gasteiger partial charge in [0.15, 0.2) is 0 Å². The van der Waals surface area contributed by atoms with Crippen molar-refractivity contribution in [3.63, 3.8) is 0 Å². The summed E-state index contributed by atoms with van der Waals surface area (Å²) in [5.41, 5.74) is 22.1. The van der Waals surface area contributed by atoms with Crippen molar-refractivity contribution in [2.75, 3.05) is 6.54 Å². The first kappa shape index (κ1) is 57.7. The van der Waals surface area contributed by atoms with Gasteiger partial charge in [0.25, 0.3) is 0 Å². The average molecular weight is 1080 g/mol. The Kier molecular flexibility index (Phi) is 19.6. The molecule has 7 amide bonds. The van der Waals surface area contributed by atoms with Crippen LogP contribution in [0, 0.1) is 5.92 Å². The van der Waals surface area contributed by atoms with Crippen LogP contribution in [0.1, 0.15) is 61.8 Å². The molecule has 3 heterocycles. The van der Waals surface area contributed by atoms with Gasteiger partial charge in [0.05, 0.1) is 12.5 Å². The van der Waals surface area contributed by atoms with Crippen LogP contribution in [0.4, 0.5) is 0 Å². The van der Waals surface area contributed by atoms with Crippen molar-refractivity contribution in [3.8, 4) is 5.75 Å². The first-order valence-electron chi connectivity index (χ1n) is 26.1. The zero-order valence-corrected chi connectivity index (χ0v) is 43.8. The number of benzene rings is 4. The molecule has 79 heavy (non-hydrogen) atoms. The highest BCUT2D eigenvalue weighted by molar-refractivity contribution is 5.99. The Morgan fingerprint density at radius 3 is 1.32 bits per heavy atom. The quantitative estimate of drug-likeness (QED) is 0.0314. The molecule has 7 rings (SSSR count). The Balaban J connectivity index is 1.19. The predicted octanol–water partition coefficient (Wildman–Crippen LogP) is 2.09. The molecular weight excluding hydrogens is 1010 g/mol. The summed E-state index contributed by atoms with van der Waals surface area (Å²) in [4.78, 5) is 120. The first-order chi connectivity index (χ1) is 37.9. The fourth-order valence-electron chi connectivity index (χ4n) is 9.47. The summed E-state index contributed by atoms with van der Waals surface area (Å²) in [7, 11) is 0. The number of phenols is 1. The molecule has 7 atom stereocenters. The molecule has 0 aliphatic rings. The molecule has 22 heteroatoms. The minimum atomic E-state index is -1.53. The third-order valence-corrected chi connectivity index (χ3v) is 13.8. The molecule has 7 aromatic rings. The van der Waals surface area contributed by atoms with E-state index in [1.54, 1.807) is 38.5 Å². The number of carbonyl (C=O) groups excluding carboxylic acids is 7. The molecule has 0 saturated carbocycles. The van der Waals surface area contributed by atoms with Gasteiger partial charge in [-0.25, -0.2) is 0 Å². The monoisotopic (exact) mass is 1080 g/mol. The molecular formula is C57H68N12O10. The van der Waals surface area contributed by atoms with Crippen LogP contribution in [0.25, 0.3) is 32.7 Å². The number of carboxylic acid groups (broad SMARTS) is 1. The van der Waals surface area contributed by atoms with Gasteiger partial charge in [-0.05, 0) is 84.3 Å². The minimum Gasteiger partial charge on any atom is -0.508 e. The van der Waals surface area contributed by atoms with Crippen LogP contribution >= 0.6 is 0 Å². The van der Waals surface area contributed by atoms with Crippen LogP contribution in [0.3, 0.4) is 0 Å². The number of carbonyl (C=O) groups is 8. The Morgan fingerprint density at radius 2 is 0.899 bits per heavy atom. The largest absolute Gasteiger partial charge is 0.508 e. The van der Waals surface area contributed by atoms with Gasteiger partial charge in [-0.15, -0.1) is 0 Å². The summed E-state index contributed by atoms with van der Waals surface area (Å²) in [6, 6.07) is 18.4. The Morgan fingerprint density at radius 1 is 0.506 bits per heavy atom. The molecule has 0 fully saturated rings. The van der Waals surface area contributed by atoms with Gasteiger partial charge in [0.1, 0.15) is 42.0 Å². The van der Waals surface area contributed by atoms with Gasteiger partial charge in [0.2, 0.25) is 41.4 Å². The summed E-state index contributed by atoms with van der Waals surface area (Å²) in [6.45, 7) is 3.73. The van der Waals surface area contributed by atoms with Crippen LogP contribution in [-0.2, 0) is 64.0 Å². The fraction of sp³-hybridized carbons (Fsp3) is 0.333. The van der Waals surface area contributed by atoms with Gasteiger partial charge in [0, 0.05) is 77.0 Å². The summed E-state index contributed by atoms with van der Waals surface area (Å²) < 4.78 is 0. The number of unbranched alkanes of at least 4 members (excludes halogenated alkanes) is 1. The van der Waals surface area contributed by atoms with Crippen molar-refractivity contribution in [3.05, 3.63) is 138 Å². The summed E-state index contributed by atoms with van der Waals surface area (Å²) in [6.07, 6.45) is 5.26. The van der Waals surface area contributed by atoms with Crippen LogP contribution in [0.15, 0.2) is 116 Å². The van der Waals surface area contributed by atoms with E-state index in [4.69, 9.17) is 17.2 Å². The third-order valence-electron chi connectivity index (χ3n) is 13.8. The normalized spacial score (nSPS) is 14.1. The number of phenolic OH excluding ortho intramolecular Hbond substituents is 1. The lowest BCUT2D eigenvalue weighted by Crippen LogP contribution is -2.61. The Bertz CT molecular complexity index is 3290. The maximum absolute atomic E-state index is 14.9. The number of rotatable bonds is 28. The minimum absolute atomic E-state index is 0.0353. The molecule has 0 spiro atoms. The number of aromatic amines is 3. The Labute approximate surface area is 454 Å². The van der Waals surface area contributed by atoms with E-state index in [0.29, 0.717) is 41.6 Å². The molecule has 416 valence electrons. The van der Waals surface area contributed by atoms with Crippen LogP contribution in [0.2, 0.25) is 0 Å². The fourth-order valence-corrected chi connectivity index (χ4v) is 9.47. The first-order valence-corrected chi connectivity index (χ1v) is 26.1. The van der Waals surface area contributed by atoms with Crippen molar-refractivity contribution in [2.45, 2.75) is 108 Å². The second kappa shape index (κ2) is 26.8. The van der Waals surface area contributed by atoms with E-state index >= 15 is 0 Å². The molecule has 3 aromatic heterocycles. The summed E-state index contributed by atoms with van der Waals surface area (Å²) in [5, 5.41) is 38.1. The number of aromatic nitrogens is 3. The van der Waals surface area contributed by atoms with Crippen LogP contribution in [-0.4, -0.2) is 121 Å². The molecule has 0 radical (unpaired) electrons. The number of H-pyrrole nitrogens is 3. The summed E-state index contributed by atoms with van der Waals surface area (Å²) >= 11 is 0. The number of nitrogens with one attached hydrogen (secondary N) is 9. The lowest BCUT2D eigenvalue weighted by molar-refractivity contribution is -0.140. The van der Waals surface area contributed by atoms with E-state index in [1.807, 2.05) is 66.7 Å². The standard InChI is InChI=1S/C57H68N12O10/c1-31(2)50(69-56(78)48(26-35-30-63-43-16-8-5-13-39(35)43)67-53(75)45(23-32-18-20-36(70)21-19-32)65-52(74)40(59)27-49(71)72)57(79)68-47(25-34-29-62-42-15-7-4-12-38(34)42)55(77)66-46(24-33-28-61-41-14-6-3-11-37(33)41)54(76)64-44(51(60)73)17-9-10-22-58/h3-8,11-16,18-21,28-31,40,44-48,50,61-63,70H,9-10,17,22-27,58-59H2,1-2H3,(H2,60,73)(H,64,76)(H,65,74)(H,66,77)(H,67,75)(H,68,79)(H,69,78)(H,71,72)/t40-,44-,45-,46+,47+,48+,50-/m0/s1. The number of nitrogens with two attached hydrogens (primary N) is 3. The van der Waals surface area contributed by atoms with Crippen molar-refractivity contribution < 1.29 is 48.6 Å². The van der Waals surface area contributed by atoms with Crippen molar-refractivity contribution in [2.24, 2.45) is 23.1 Å². The number of carboxylic acids is 1. The number of hydrogen-bond acceptors (Lipinski definition) is 11. The zero-order chi connectivity index (χ0) is 56.8. The molecule has 0 bridgehead atoms. The molecule has 0 aliphatic heterocycles. The van der Waals surface area contributed by atoms with E-state index in [2.05, 4.69) is 46.9 Å². The average Bonchev–Trinajstić information content (AvgIpc) is 4.18. The number of amides is 7. The third kappa shape index (κ3) is 15.4. The van der Waals surface area contributed by atoms with Crippen molar-refractivity contribution in [1.29, 1.82) is 0 Å². The van der Waals surface area contributed by atoms with E-state index in [0.717, 1.165) is 32.7 Å². The van der Waals surface area contributed by atoms with Crippen LogP contribution in [0.5, 0.6) is 5.75 Å². The van der Waals surface area contributed by atoms with Gasteiger partial charge < -0.3 is 74.3 Å². The van der Waals surface area contributed by atoms with Crippen molar-refractivity contribution in [1.82, 2.24) is 46.9 Å². The van der Waals surface area contributed by atoms with Crippen molar-refractivity contribution >= 4 is 80.0 Å². The lowest BCUT2D eigenvalue weighted by Gasteiger charge is -2.29. The van der Waals surface area contributed by atoms with Gasteiger partial charge in [-0.2, -0.15) is 0 Å². The maximum Gasteiger partial charge on any atom is 0.305 e. The molecule has 0 unspecified atom stereocenters. The topological polar surface area (TPSA) is 375 Å². The predicted molar refractivity (Wildman–Crippen MR) is 297 cm³/mol. The molecule has 0 saturated heterocycles. The number of hydrogen-bond donors (Lipinski definition) is 14. The summed E-state index contributed by atoms with van der Waals surface area (Å²) in [5.74, 6) is -7.65. The van der Waals surface area contributed by atoms with Gasteiger partial charge >= 0.3 is 5.97 Å². The highest BCUT2D eigenvalue weighted by atomic mass is 16.4. The number of aliphatic carboxylic acids is 1. The molecule has 4 aromatic carbocycles. The van der Waals surface area contributed by atoms with E-state index < -0.39 is 102 Å². The number of primary amides is 1. The van der Waals surface area contributed by atoms with Gasteiger partial charge in [-0.1, -0.05) is 80.6 Å². The smallest absolute Gasteiger partial charge is 0.305 e. The van der Waals surface area contributed by atoms with Gasteiger partial charge in [-0.3, -0.25) is 38.4 Å². The van der Waals surface area contributed by atoms with Crippen LogP contribution < -0.4 is 49.1 Å². The van der Waals surface area contributed by atoms with E-state index in [1.165, 1.54) is 24.3 Å². The molecule has 22 nitrogen and oxygen atoms in total. The number of aromatic hydroxyl groups is 1. The second-order valence-electron chi connectivity index (χ2n) is 20.0. The highest BCUT2D eigenvalue weighted by Crippen LogP contribution is 2.23. The maximum atomic E-state index is 14.9. The zero-order valence-electron chi connectivity index (χ0n) is 43.8. The second-order valence-corrected chi connectivity index (χ2v) is 20.0. The SMILES string of the molecule is CC(C)[C@H](NC(=O)[C@@H](Cc1c[nH]c2ccccc12)NC(=O)[C@H](Cc1ccc(O)cc1)NC(=O)[C@@H](N)CC(=O)O)C(=O)N[C@H](Cc1c[nH]c2ccccc12)C(=O)N[C@H](Cc1c[nH]c2ccccc12)C(=O)N[C@@H](CCCCN)C(N)=O. The molecule has 0 aliphatic carbocycles. The van der Waals surface area contributed by atoms with E-state index in [9.17, 15) is 48.6 Å². The van der Waals surface area contributed by atoms with E-state index in [-0.39, 0.29) is 37.9 Å². The number of fused-ring (bicyclic) bond motifs is 3.